The summed E-state index contributed by atoms with van der Waals surface area (Å²) < 4.78 is 1.70. The quantitative estimate of drug-likeness (QED) is 0.615. The van der Waals surface area contributed by atoms with E-state index in [1.165, 1.54) is 16.8 Å². The van der Waals surface area contributed by atoms with Gasteiger partial charge in [-0.2, -0.15) is 5.10 Å². The van der Waals surface area contributed by atoms with Crippen molar-refractivity contribution in [1.82, 2.24) is 24.9 Å². The molecule has 0 aliphatic carbocycles. The summed E-state index contributed by atoms with van der Waals surface area (Å²) in [5, 5.41) is 12.9. The van der Waals surface area contributed by atoms with Gasteiger partial charge in [-0.25, -0.2) is 4.68 Å². The molecule has 2 aromatic heterocycles. The molecule has 2 fully saturated rings. The predicted octanol–water partition coefficient (Wildman–Crippen LogP) is 2.84. The SMILES string of the molecule is Cc1ccc(C)c(N2CCN(C(=O)C3CCN(c4ccc(-n5cccn5)nn4)CC3)CC2)c1. The van der Waals surface area contributed by atoms with Gasteiger partial charge in [0, 0.05) is 63.3 Å². The molecule has 2 saturated heterocycles. The summed E-state index contributed by atoms with van der Waals surface area (Å²) in [6.07, 6.45) is 5.29. The third-order valence-corrected chi connectivity index (χ3v) is 6.84. The second-order valence-electron chi connectivity index (χ2n) is 9.06. The highest BCUT2D eigenvalue weighted by Gasteiger charge is 2.31. The van der Waals surface area contributed by atoms with Crippen LogP contribution in [0.2, 0.25) is 0 Å². The van der Waals surface area contributed by atoms with Crippen molar-refractivity contribution in [3.8, 4) is 5.82 Å². The third-order valence-electron chi connectivity index (χ3n) is 6.84. The van der Waals surface area contributed by atoms with Crippen molar-refractivity contribution in [2.24, 2.45) is 5.92 Å². The zero-order chi connectivity index (χ0) is 22.8. The normalized spacial score (nSPS) is 17.5. The van der Waals surface area contributed by atoms with Crippen molar-refractivity contribution in [3.63, 3.8) is 0 Å². The second kappa shape index (κ2) is 9.21. The summed E-state index contributed by atoms with van der Waals surface area (Å²) in [6, 6.07) is 12.4. The average Bonchev–Trinajstić information content (AvgIpc) is 3.41. The lowest BCUT2D eigenvalue weighted by molar-refractivity contribution is -0.136. The number of carbonyl (C=O) groups is 1. The van der Waals surface area contributed by atoms with Gasteiger partial charge in [0.15, 0.2) is 11.6 Å². The Morgan fingerprint density at radius 1 is 0.879 bits per heavy atom. The highest BCUT2D eigenvalue weighted by molar-refractivity contribution is 5.79. The van der Waals surface area contributed by atoms with E-state index in [0.29, 0.717) is 11.7 Å². The maximum atomic E-state index is 13.2. The van der Waals surface area contributed by atoms with Gasteiger partial charge in [-0.15, -0.1) is 10.2 Å². The Morgan fingerprint density at radius 3 is 2.27 bits per heavy atom. The van der Waals surface area contributed by atoms with Crippen LogP contribution in [0.3, 0.4) is 0 Å². The number of piperidine rings is 1. The summed E-state index contributed by atoms with van der Waals surface area (Å²) in [5.74, 6) is 1.98. The first-order valence-electron chi connectivity index (χ1n) is 11.8. The van der Waals surface area contributed by atoms with Crippen LogP contribution in [0.15, 0.2) is 48.8 Å². The molecule has 5 rings (SSSR count). The van der Waals surface area contributed by atoms with Crippen LogP contribution in [0.5, 0.6) is 0 Å². The number of piperazine rings is 1. The van der Waals surface area contributed by atoms with Gasteiger partial charge in [0.1, 0.15) is 0 Å². The molecule has 0 unspecified atom stereocenters. The number of hydrogen-bond acceptors (Lipinski definition) is 6. The molecule has 3 aromatic rings. The number of rotatable bonds is 4. The van der Waals surface area contributed by atoms with Crippen LogP contribution in [0.4, 0.5) is 11.5 Å². The minimum atomic E-state index is 0.102. The summed E-state index contributed by atoms with van der Waals surface area (Å²) in [7, 11) is 0. The lowest BCUT2D eigenvalue weighted by Gasteiger charge is -2.40. The molecule has 8 nitrogen and oxygen atoms in total. The van der Waals surface area contributed by atoms with Gasteiger partial charge in [0.05, 0.1) is 0 Å². The van der Waals surface area contributed by atoms with Gasteiger partial charge < -0.3 is 14.7 Å². The van der Waals surface area contributed by atoms with Crippen molar-refractivity contribution in [2.45, 2.75) is 26.7 Å². The van der Waals surface area contributed by atoms with Crippen LogP contribution in [-0.2, 0) is 4.79 Å². The molecule has 8 heteroatoms. The summed E-state index contributed by atoms with van der Waals surface area (Å²) in [4.78, 5) is 19.9. The van der Waals surface area contributed by atoms with Crippen LogP contribution >= 0.6 is 0 Å². The van der Waals surface area contributed by atoms with Crippen LogP contribution < -0.4 is 9.80 Å². The highest BCUT2D eigenvalue weighted by atomic mass is 16.2. The lowest BCUT2D eigenvalue weighted by Crippen LogP contribution is -2.52. The minimum absolute atomic E-state index is 0.102. The Balaban J connectivity index is 1.13. The van der Waals surface area contributed by atoms with Gasteiger partial charge >= 0.3 is 0 Å². The Hall–Kier alpha value is -3.42. The number of amides is 1. The second-order valence-corrected chi connectivity index (χ2v) is 9.06. The Morgan fingerprint density at radius 2 is 1.61 bits per heavy atom. The van der Waals surface area contributed by atoms with Crippen molar-refractivity contribution < 1.29 is 4.79 Å². The molecule has 0 radical (unpaired) electrons. The van der Waals surface area contributed by atoms with Gasteiger partial charge in [0.2, 0.25) is 5.91 Å². The highest BCUT2D eigenvalue weighted by Crippen LogP contribution is 2.26. The molecule has 4 heterocycles. The zero-order valence-electron chi connectivity index (χ0n) is 19.4. The Kier molecular flexibility index (Phi) is 5.98. The minimum Gasteiger partial charge on any atom is -0.368 e. The van der Waals surface area contributed by atoms with E-state index >= 15 is 0 Å². The van der Waals surface area contributed by atoms with Gasteiger partial charge in [-0.3, -0.25) is 4.79 Å². The van der Waals surface area contributed by atoms with E-state index in [-0.39, 0.29) is 5.92 Å². The summed E-state index contributed by atoms with van der Waals surface area (Å²) in [6.45, 7) is 9.34. The number of aromatic nitrogens is 4. The van der Waals surface area contributed by atoms with Crippen molar-refractivity contribution in [2.75, 3.05) is 49.1 Å². The molecule has 0 saturated carbocycles. The van der Waals surface area contributed by atoms with Gasteiger partial charge in [-0.1, -0.05) is 12.1 Å². The fourth-order valence-electron chi connectivity index (χ4n) is 4.85. The van der Waals surface area contributed by atoms with Crippen molar-refractivity contribution in [3.05, 3.63) is 59.9 Å². The van der Waals surface area contributed by atoms with E-state index in [1.54, 1.807) is 10.9 Å². The fourth-order valence-corrected chi connectivity index (χ4v) is 4.85. The molecule has 2 aliphatic rings. The fraction of sp³-hybridized carbons (Fsp3) is 0.440. The van der Waals surface area contributed by atoms with Gasteiger partial charge in [-0.05, 0) is 62.1 Å². The molecular formula is C25H31N7O. The molecule has 172 valence electrons. The maximum absolute atomic E-state index is 13.2. The summed E-state index contributed by atoms with van der Waals surface area (Å²) in [5.41, 5.74) is 3.88. The molecule has 0 atom stereocenters. The first-order chi connectivity index (χ1) is 16.1. The number of aryl methyl sites for hydroxylation is 2. The van der Waals surface area contributed by atoms with Crippen LogP contribution in [0.25, 0.3) is 5.82 Å². The smallest absolute Gasteiger partial charge is 0.225 e. The standard InChI is InChI=1S/C25H31N7O/c1-19-4-5-20(2)22(18-19)29-14-16-31(17-15-29)25(33)21-8-12-30(13-9-21)23-6-7-24(28-27-23)32-11-3-10-26-32/h3-7,10-11,18,21H,8-9,12-17H2,1-2H3. The van der Waals surface area contributed by atoms with Crippen molar-refractivity contribution in [1.29, 1.82) is 0 Å². The largest absolute Gasteiger partial charge is 0.368 e. The van der Waals surface area contributed by atoms with E-state index in [9.17, 15) is 4.79 Å². The molecule has 0 bridgehead atoms. The summed E-state index contributed by atoms with van der Waals surface area (Å²) >= 11 is 0. The van der Waals surface area contributed by atoms with E-state index in [0.717, 1.165) is 57.9 Å². The topological polar surface area (TPSA) is 70.4 Å². The van der Waals surface area contributed by atoms with Gasteiger partial charge in [0.25, 0.3) is 0 Å². The van der Waals surface area contributed by atoms with E-state index in [4.69, 9.17) is 0 Å². The van der Waals surface area contributed by atoms with E-state index in [2.05, 4.69) is 62.0 Å². The van der Waals surface area contributed by atoms with E-state index in [1.807, 2.05) is 24.4 Å². The molecule has 2 aliphatic heterocycles. The maximum Gasteiger partial charge on any atom is 0.225 e. The zero-order valence-corrected chi connectivity index (χ0v) is 19.4. The Labute approximate surface area is 194 Å². The number of anilines is 2. The molecular weight excluding hydrogens is 414 g/mol. The number of nitrogens with zero attached hydrogens (tertiary/aromatic N) is 7. The first kappa shape index (κ1) is 21.4. The Bertz CT molecular complexity index is 1080. The monoisotopic (exact) mass is 445 g/mol. The third kappa shape index (κ3) is 4.55. The van der Waals surface area contributed by atoms with Crippen LogP contribution in [0, 0.1) is 19.8 Å². The first-order valence-corrected chi connectivity index (χ1v) is 11.8. The molecule has 33 heavy (non-hydrogen) atoms. The molecule has 1 aromatic carbocycles. The van der Waals surface area contributed by atoms with Crippen LogP contribution in [-0.4, -0.2) is 70.1 Å². The molecule has 0 N–H and O–H groups in total. The number of carbonyl (C=O) groups excluding carboxylic acids is 1. The predicted molar refractivity (Wildman–Crippen MR) is 129 cm³/mol. The molecule has 1 amide bonds. The number of hydrogen-bond donors (Lipinski definition) is 0. The number of benzene rings is 1. The van der Waals surface area contributed by atoms with E-state index < -0.39 is 0 Å². The van der Waals surface area contributed by atoms with Crippen molar-refractivity contribution >= 4 is 17.4 Å². The lowest BCUT2D eigenvalue weighted by atomic mass is 9.95. The van der Waals surface area contributed by atoms with Crippen LogP contribution in [0.1, 0.15) is 24.0 Å². The molecule has 0 spiro atoms. The average molecular weight is 446 g/mol.